The summed E-state index contributed by atoms with van der Waals surface area (Å²) in [6.07, 6.45) is 4.38. The van der Waals surface area contributed by atoms with Crippen LogP contribution in [0.25, 0.3) is 0 Å². The van der Waals surface area contributed by atoms with Crippen molar-refractivity contribution in [2.75, 3.05) is 26.2 Å². The monoisotopic (exact) mass is 378 g/mol. The highest BCUT2D eigenvalue weighted by Gasteiger charge is 2.34. The third kappa shape index (κ3) is 5.49. The lowest BCUT2D eigenvalue weighted by molar-refractivity contribution is -0.147. The second-order valence-electron chi connectivity index (χ2n) is 7.34. The van der Waals surface area contributed by atoms with Gasteiger partial charge in [0.05, 0.1) is 18.8 Å². The summed E-state index contributed by atoms with van der Waals surface area (Å²) < 4.78 is 18.9. The molecule has 1 atom stereocenters. The second-order valence-corrected chi connectivity index (χ2v) is 7.34. The zero-order chi connectivity index (χ0) is 19.2. The molecule has 1 unspecified atom stereocenters. The van der Waals surface area contributed by atoms with Crippen LogP contribution < -0.4 is 0 Å². The number of carbonyl (C=O) groups is 2. The highest BCUT2D eigenvalue weighted by Crippen LogP contribution is 2.23. The van der Waals surface area contributed by atoms with Crippen molar-refractivity contribution in [1.29, 1.82) is 0 Å². The number of ether oxygens (including phenoxy) is 1. The molecule has 0 aromatic heterocycles. The number of rotatable bonds is 6. The van der Waals surface area contributed by atoms with E-state index >= 15 is 0 Å². The Balaban J connectivity index is 1.49. The molecule has 3 rings (SSSR count). The molecule has 2 aliphatic heterocycles. The van der Waals surface area contributed by atoms with Crippen LogP contribution in [-0.2, 0) is 20.9 Å². The number of carboxylic acids is 1. The van der Waals surface area contributed by atoms with Gasteiger partial charge in [0.1, 0.15) is 12.4 Å². The Kier molecular flexibility index (Phi) is 6.79. The number of nitrogens with zero attached hydrogens (tertiary/aromatic N) is 2. The quantitative estimate of drug-likeness (QED) is 0.822. The van der Waals surface area contributed by atoms with Crippen LogP contribution in [0.15, 0.2) is 24.3 Å². The summed E-state index contributed by atoms with van der Waals surface area (Å²) in [5, 5.41) is 9.03. The van der Waals surface area contributed by atoms with Crippen molar-refractivity contribution in [2.45, 2.75) is 50.9 Å². The maximum absolute atomic E-state index is 12.9. The van der Waals surface area contributed by atoms with E-state index in [-0.39, 0.29) is 30.4 Å². The predicted molar refractivity (Wildman–Crippen MR) is 97.6 cm³/mol. The summed E-state index contributed by atoms with van der Waals surface area (Å²) in [5.41, 5.74) is 0.946. The maximum atomic E-state index is 12.9. The van der Waals surface area contributed by atoms with Gasteiger partial charge in [-0.25, -0.2) is 4.39 Å². The Bertz CT molecular complexity index is 644. The molecule has 1 aromatic carbocycles. The summed E-state index contributed by atoms with van der Waals surface area (Å²) in [4.78, 5) is 27.4. The van der Waals surface area contributed by atoms with Crippen molar-refractivity contribution in [3.8, 4) is 0 Å². The fourth-order valence-electron chi connectivity index (χ4n) is 3.89. The van der Waals surface area contributed by atoms with E-state index in [0.29, 0.717) is 13.2 Å². The van der Waals surface area contributed by atoms with Crippen molar-refractivity contribution < 1.29 is 23.8 Å². The third-order valence-electron chi connectivity index (χ3n) is 5.39. The minimum atomic E-state index is -0.961. The molecule has 0 aliphatic carbocycles. The SMILES string of the molecule is O=C(O)CN1CCCCC(N2CCC(OCc3ccc(F)cc3)CC2)C1=O. The number of amides is 1. The molecule has 2 saturated heterocycles. The van der Waals surface area contributed by atoms with E-state index in [1.165, 1.54) is 17.0 Å². The highest BCUT2D eigenvalue weighted by atomic mass is 19.1. The first-order valence-corrected chi connectivity index (χ1v) is 9.63. The summed E-state index contributed by atoms with van der Waals surface area (Å²) in [6.45, 7) is 2.31. The molecule has 1 amide bonds. The highest BCUT2D eigenvalue weighted by molar-refractivity contribution is 5.85. The molecule has 0 saturated carbocycles. The van der Waals surface area contributed by atoms with Crippen molar-refractivity contribution >= 4 is 11.9 Å². The average Bonchev–Trinajstić information content (AvgIpc) is 2.83. The molecule has 2 heterocycles. The third-order valence-corrected chi connectivity index (χ3v) is 5.39. The fourth-order valence-corrected chi connectivity index (χ4v) is 3.89. The van der Waals surface area contributed by atoms with Crippen molar-refractivity contribution in [3.63, 3.8) is 0 Å². The molecule has 148 valence electrons. The predicted octanol–water partition coefficient (Wildman–Crippen LogP) is 2.27. The molecule has 0 spiro atoms. The van der Waals surface area contributed by atoms with Crippen LogP contribution >= 0.6 is 0 Å². The van der Waals surface area contributed by atoms with Gasteiger partial charge in [-0.05, 0) is 49.8 Å². The Labute approximate surface area is 158 Å². The Morgan fingerprint density at radius 2 is 1.81 bits per heavy atom. The Hall–Kier alpha value is -1.99. The number of piperidine rings is 1. The van der Waals surface area contributed by atoms with Crippen LogP contribution in [0.1, 0.15) is 37.7 Å². The van der Waals surface area contributed by atoms with Gasteiger partial charge in [-0.3, -0.25) is 14.5 Å². The smallest absolute Gasteiger partial charge is 0.323 e. The van der Waals surface area contributed by atoms with E-state index < -0.39 is 5.97 Å². The van der Waals surface area contributed by atoms with Crippen molar-refractivity contribution in [1.82, 2.24) is 9.80 Å². The molecule has 2 aliphatic rings. The van der Waals surface area contributed by atoms with Gasteiger partial charge in [0, 0.05) is 19.6 Å². The first-order valence-electron chi connectivity index (χ1n) is 9.63. The topological polar surface area (TPSA) is 70.1 Å². The van der Waals surface area contributed by atoms with Crippen LogP contribution in [0.2, 0.25) is 0 Å². The average molecular weight is 378 g/mol. The number of halogens is 1. The van der Waals surface area contributed by atoms with Crippen molar-refractivity contribution in [2.24, 2.45) is 0 Å². The molecule has 2 fully saturated rings. The van der Waals surface area contributed by atoms with Crippen LogP contribution in [0.3, 0.4) is 0 Å². The molecular formula is C20H27FN2O4. The largest absolute Gasteiger partial charge is 0.480 e. The summed E-state index contributed by atoms with van der Waals surface area (Å²) >= 11 is 0. The van der Waals surface area contributed by atoms with Crippen LogP contribution in [0.5, 0.6) is 0 Å². The Morgan fingerprint density at radius 1 is 1.11 bits per heavy atom. The number of hydrogen-bond acceptors (Lipinski definition) is 4. The van der Waals surface area contributed by atoms with Gasteiger partial charge in [0.25, 0.3) is 0 Å². The lowest BCUT2D eigenvalue weighted by atomic mass is 10.0. The zero-order valence-corrected chi connectivity index (χ0v) is 15.5. The first-order chi connectivity index (χ1) is 13.0. The molecule has 27 heavy (non-hydrogen) atoms. The Morgan fingerprint density at radius 3 is 2.48 bits per heavy atom. The molecule has 7 heteroatoms. The molecule has 1 aromatic rings. The van der Waals surface area contributed by atoms with Crippen molar-refractivity contribution in [3.05, 3.63) is 35.6 Å². The van der Waals surface area contributed by atoms with Gasteiger partial charge in [0.15, 0.2) is 0 Å². The number of benzene rings is 1. The van der Waals surface area contributed by atoms with Gasteiger partial charge >= 0.3 is 5.97 Å². The lowest BCUT2D eigenvalue weighted by Gasteiger charge is -2.37. The normalized spacial score (nSPS) is 22.6. The van der Waals surface area contributed by atoms with E-state index in [1.807, 2.05) is 0 Å². The standard InChI is InChI=1S/C20H27FN2O4/c21-16-6-4-15(5-7-16)14-27-17-8-11-22(12-9-17)18-3-1-2-10-23(20(18)26)13-19(24)25/h4-7,17-18H,1-3,8-14H2,(H,24,25). The van der Waals surface area contributed by atoms with Gasteiger partial charge < -0.3 is 14.7 Å². The van der Waals surface area contributed by atoms with E-state index in [4.69, 9.17) is 9.84 Å². The first kappa shape index (κ1) is 19.8. The van der Waals surface area contributed by atoms with Crippen LogP contribution in [-0.4, -0.2) is 65.1 Å². The second kappa shape index (κ2) is 9.28. The number of hydrogen-bond donors (Lipinski definition) is 1. The maximum Gasteiger partial charge on any atom is 0.323 e. The van der Waals surface area contributed by atoms with Gasteiger partial charge in [0.2, 0.25) is 5.91 Å². The molecule has 6 nitrogen and oxygen atoms in total. The van der Waals surface area contributed by atoms with E-state index in [1.54, 1.807) is 12.1 Å². The molecule has 0 radical (unpaired) electrons. The van der Waals surface area contributed by atoms with Gasteiger partial charge in [-0.1, -0.05) is 12.1 Å². The van der Waals surface area contributed by atoms with Gasteiger partial charge in [-0.15, -0.1) is 0 Å². The minimum Gasteiger partial charge on any atom is -0.480 e. The number of carboxylic acid groups (broad SMARTS) is 1. The summed E-state index contributed by atoms with van der Waals surface area (Å²) in [7, 11) is 0. The molecule has 0 bridgehead atoms. The molecule has 1 N–H and O–H groups in total. The zero-order valence-electron chi connectivity index (χ0n) is 15.5. The summed E-state index contributed by atoms with van der Waals surface area (Å²) in [6, 6.07) is 6.10. The van der Waals surface area contributed by atoms with E-state index in [2.05, 4.69) is 4.90 Å². The fraction of sp³-hybridized carbons (Fsp3) is 0.600. The number of aliphatic carboxylic acids is 1. The van der Waals surface area contributed by atoms with Gasteiger partial charge in [-0.2, -0.15) is 0 Å². The van der Waals surface area contributed by atoms with Crippen LogP contribution in [0, 0.1) is 5.82 Å². The number of likely N-dealkylation sites (tertiary alicyclic amines) is 2. The minimum absolute atomic E-state index is 0.0550. The van der Waals surface area contributed by atoms with E-state index in [0.717, 1.165) is 50.8 Å². The van der Waals surface area contributed by atoms with E-state index in [9.17, 15) is 14.0 Å². The molecular weight excluding hydrogens is 351 g/mol. The summed E-state index contributed by atoms with van der Waals surface area (Å²) in [5.74, 6) is -1.27. The lowest BCUT2D eigenvalue weighted by Crippen LogP contribution is -2.51. The van der Waals surface area contributed by atoms with Crippen LogP contribution in [0.4, 0.5) is 4.39 Å². The number of carbonyl (C=O) groups excluding carboxylic acids is 1.